The Hall–Kier alpha value is -0.940. The maximum absolute atomic E-state index is 10.3. The summed E-state index contributed by atoms with van der Waals surface area (Å²) in [6.45, 7) is 0. The van der Waals surface area contributed by atoms with Gasteiger partial charge in [0.25, 0.3) is 5.69 Å². The Morgan fingerprint density at radius 2 is 2.17 bits per heavy atom. The summed E-state index contributed by atoms with van der Waals surface area (Å²) in [6.07, 6.45) is 0. The van der Waals surface area contributed by atoms with Crippen molar-refractivity contribution < 1.29 is 10.0 Å². The first-order valence-electron chi connectivity index (χ1n) is 2.89. The quantitative estimate of drug-likeness (QED) is 0.420. The standard InChI is InChI=1S/C6H4ClNO3S/c7-5-4(9)2-1-3(6(5)12)8(10)11/h1-2,9,12H. The molecule has 0 aliphatic carbocycles. The highest BCUT2D eigenvalue weighted by Crippen LogP contribution is 2.36. The summed E-state index contributed by atoms with van der Waals surface area (Å²) in [5.41, 5.74) is -0.221. The average Bonchev–Trinajstić information content (AvgIpc) is 2.00. The van der Waals surface area contributed by atoms with Crippen molar-refractivity contribution in [2.24, 2.45) is 0 Å². The number of benzene rings is 1. The fourth-order valence-electron chi connectivity index (χ4n) is 0.691. The number of phenolic OH excluding ortho intramolecular Hbond substituents is 1. The minimum absolute atomic E-state index is 0.0262. The molecule has 0 aliphatic rings. The van der Waals surface area contributed by atoms with Gasteiger partial charge < -0.3 is 5.11 Å². The number of thiol groups is 1. The second-order valence-electron chi connectivity index (χ2n) is 2.02. The van der Waals surface area contributed by atoms with E-state index in [0.717, 1.165) is 12.1 Å². The van der Waals surface area contributed by atoms with Crippen LogP contribution in [0.15, 0.2) is 17.0 Å². The molecule has 0 radical (unpaired) electrons. The number of hydrogen-bond donors (Lipinski definition) is 2. The summed E-state index contributed by atoms with van der Waals surface area (Å²) in [7, 11) is 0. The third kappa shape index (κ3) is 1.46. The average molecular weight is 206 g/mol. The molecule has 0 saturated heterocycles. The SMILES string of the molecule is O=[N+]([O-])c1ccc(O)c(Cl)c1S. The highest BCUT2D eigenvalue weighted by Gasteiger charge is 2.16. The largest absolute Gasteiger partial charge is 0.506 e. The zero-order chi connectivity index (χ0) is 9.30. The van der Waals surface area contributed by atoms with Crippen LogP contribution in [-0.2, 0) is 0 Å². The van der Waals surface area contributed by atoms with Gasteiger partial charge in [0.2, 0.25) is 0 Å². The number of nitro benzene ring substituents is 1. The van der Waals surface area contributed by atoms with Crippen LogP contribution < -0.4 is 0 Å². The third-order valence-corrected chi connectivity index (χ3v) is 2.24. The minimum atomic E-state index is -0.617. The van der Waals surface area contributed by atoms with Crippen molar-refractivity contribution in [2.75, 3.05) is 0 Å². The lowest BCUT2D eigenvalue weighted by Gasteiger charge is -1.99. The molecule has 0 aromatic heterocycles. The molecule has 0 unspecified atom stereocenters. The van der Waals surface area contributed by atoms with Gasteiger partial charge in [-0.15, -0.1) is 12.6 Å². The van der Waals surface area contributed by atoms with E-state index in [2.05, 4.69) is 12.6 Å². The first-order chi connectivity index (χ1) is 5.54. The van der Waals surface area contributed by atoms with Crippen LogP contribution in [0.3, 0.4) is 0 Å². The van der Waals surface area contributed by atoms with Crippen LogP contribution in [0.1, 0.15) is 0 Å². The second kappa shape index (κ2) is 3.20. The van der Waals surface area contributed by atoms with E-state index < -0.39 is 4.92 Å². The van der Waals surface area contributed by atoms with Gasteiger partial charge in [-0.25, -0.2) is 0 Å². The van der Waals surface area contributed by atoms with E-state index in [-0.39, 0.29) is 21.4 Å². The summed E-state index contributed by atoms with van der Waals surface area (Å²) in [6, 6.07) is 2.30. The molecule has 0 heterocycles. The Labute approximate surface area is 78.3 Å². The highest BCUT2D eigenvalue weighted by molar-refractivity contribution is 7.80. The van der Waals surface area contributed by atoms with Crippen LogP contribution in [0.4, 0.5) is 5.69 Å². The van der Waals surface area contributed by atoms with Gasteiger partial charge >= 0.3 is 0 Å². The molecule has 64 valence electrons. The van der Waals surface area contributed by atoms with Crippen LogP contribution in [0.2, 0.25) is 5.02 Å². The van der Waals surface area contributed by atoms with Gasteiger partial charge in [0.1, 0.15) is 15.7 Å². The molecule has 12 heavy (non-hydrogen) atoms. The van der Waals surface area contributed by atoms with Crippen molar-refractivity contribution in [2.45, 2.75) is 4.90 Å². The number of nitrogens with zero attached hydrogens (tertiary/aromatic N) is 1. The predicted molar refractivity (Wildman–Crippen MR) is 47.0 cm³/mol. The lowest BCUT2D eigenvalue weighted by molar-refractivity contribution is -0.387. The highest BCUT2D eigenvalue weighted by atomic mass is 35.5. The minimum Gasteiger partial charge on any atom is -0.506 e. The second-order valence-corrected chi connectivity index (χ2v) is 2.85. The number of nitro groups is 1. The summed E-state index contributed by atoms with van der Waals surface area (Å²) in [5.74, 6) is -0.215. The molecule has 0 saturated carbocycles. The third-order valence-electron chi connectivity index (χ3n) is 1.27. The number of rotatable bonds is 1. The fraction of sp³-hybridized carbons (Fsp3) is 0. The van der Waals surface area contributed by atoms with E-state index in [1.54, 1.807) is 0 Å². The van der Waals surface area contributed by atoms with Crippen LogP contribution >= 0.6 is 24.2 Å². The molecule has 0 bridgehead atoms. The number of phenols is 1. The van der Waals surface area contributed by atoms with Crippen molar-refractivity contribution in [3.05, 3.63) is 27.3 Å². The van der Waals surface area contributed by atoms with Crippen LogP contribution in [-0.4, -0.2) is 10.0 Å². The topological polar surface area (TPSA) is 63.4 Å². The number of hydrogen-bond acceptors (Lipinski definition) is 4. The monoisotopic (exact) mass is 205 g/mol. The predicted octanol–water partition coefficient (Wildman–Crippen LogP) is 2.24. The van der Waals surface area contributed by atoms with E-state index in [9.17, 15) is 10.1 Å². The molecule has 1 aromatic rings. The molecule has 4 nitrogen and oxygen atoms in total. The van der Waals surface area contributed by atoms with Crippen molar-refractivity contribution in [3.63, 3.8) is 0 Å². The molecule has 1 N–H and O–H groups in total. The summed E-state index contributed by atoms with van der Waals surface area (Å²) in [5, 5.41) is 19.2. The summed E-state index contributed by atoms with van der Waals surface area (Å²) >= 11 is 9.28. The van der Waals surface area contributed by atoms with Gasteiger partial charge in [-0.3, -0.25) is 10.1 Å². The van der Waals surface area contributed by atoms with Crippen molar-refractivity contribution >= 4 is 29.9 Å². The maximum Gasteiger partial charge on any atom is 0.284 e. The molecule has 1 rings (SSSR count). The van der Waals surface area contributed by atoms with E-state index in [0.29, 0.717) is 0 Å². The number of halogens is 1. The maximum atomic E-state index is 10.3. The molecule has 1 aromatic carbocycles. The Bertz CT molecular complexity index is 342. The van der Waals surface area contributed by atoms with Gasteiger partial charge in [0.15, 0.2) is 0 Å². The normalized spacial score (nSPS) is 9.83. The van der Waals surface area contributed by atoms with Crippen molar-refractivity contribution in [1.29, 1.82) is 0 Å². The zero-order valence-corrected chi connectivity index (χ0v) is 7.34. The van der Waals surface area contributed by atoms with E-state index >= 15 is 0 Å². The fourth-order valence-corrected chi connectivity index (χ4v) is 1.12. The lowest BCUT2D eigenvalue weighted by Crippen LogP contribution is -1.89. The van der Waals surface area contributed by atoms with Crippen molar-refractivity contribution in [3.8, 4) is 5.75 Å². The van der Waals surface area contributed by atoms with Gasteiger partial charge in [-0.2, -0.15) is 0 Å². The smallest absolute Gasteiger partial charge is 0.284 e. The Balaban J connectivity index is 3.36. The van der Waals surface area contributed by atoms with Gasteiger partial charge in [-0.05, 0) is 6.07 Å². The van der Waals surface area contributed by atoms with Gasteiger partial charge in [0, 0.05) is 6.07 Å². The Morgan fingerprint density at radius 1 is 1.58 bits per heavy atom. The Morgan fingerprint density at radius 3 is 2.67 bits per heavy atom. The summed E-state index contributed by atoms with van der Waals surface area (Å²) in [4.78, 5) is 9.66. The molecular weight excluding hydrogens is 202 g/mol. The van der Waals surface area contributed by atoms with Crippen LogP contribution in [0.5, 0.6) is 5.75 Å². The molecule has 0 atom stereocenters. The number of aromatic hydroxyl groups is 1. The molecule has 0 fully saturated rings. The van der Waals surface area contributed by atoms with E-state index in [4.69, 9.17) is 16.7 Å². The van der Waals surface area contributed by atoms with Gasteiger partial charge in [-0.1, -0.05) is 11.6 Å². The molecular formula is C6H4ClNO3S. The first kappa shape index (κ1) is 9.15. The lowest BCUT2D eigenvalue weighted by atomic mass is 10.3. The zero-order valence-electron chi connectivity index (χ0n) is 5.69. The molecule has 0 amide bonds. The van der Waals surface area contributed by atoms with E-state index in [1.165, 1.54) is 0 Å². The Kier molecular flexibility index (Phi) is 2.44. The van der Waals surface area contributed by atoms with Crippen LogP contribution in [0, 0.1) is 10.1 Å². The first-order valence-corrected chi connectivity index (χ1v) is 3.71. The molecule has 6 heteroatoms. The summed E-state index contributed by atoms with van der Waals surface area (Å²) < 4.78 is 0. The molecule has 0 spiro atoms. The molecule has 0 aliphatic heterocycles. The van der Waals surface area contributed by atoms with Crippen molar-refractivity contribution in [1.82, 2.24) is 0 Å². The van der Waals surface area contributed by atoms with Crippen LogP contribution in [0.25, 0.3) is 0 Å². The van der Waals surface area contributed by atoms with E-state index in [1.807, 2.05) is 0 Å². The van der Waals surface area contributed by atoms with Gasteiger partial charge in [0.05, 0.1) is 4.92 Å².